The predicted molar refractivity (Wildman–Crippen MR) is 144 cm³/mol. The van der Waals surface area contributed by atoms with Gasteiger partial charge in [-0.3, -0.25) is 4.79 Å². The number of carbonyl (C=O) groups is 2. The minimum Gasteiger partial charge on any atom is -0.496 e. The molecule has 2 bridgehead atoms. The number of amides is 1. The van der Waals surface area contributed by atoms with Crippen LogP contribution in [0.4, 0.5) is 5.82 Å². The summed E-state index contributed by atoms with van der Waals surface area (Å²) in [4.78, 5) is 32.4. The van der Waals surface area contributed by atoms with E-state index in [1.54, 1.807) is 26.3 Å². The highest BCUT2D eigenvalue weighted by Gasteiger charge is 2.42. The molecule has 37 heavy (non-hydrogen) atoms. The molecule has 1 aromatic carbocycles. The van der Waals surface area contributed by atoms with Gasteiger partial charge in [0.05, 0.1) is 19.3 Å². The molecular weight excluding hydrogens is 468 g/mol. The average Bonchev–Trinajstić information content (AvgIpc) is 3.16. The summed E-state index contributed by atoms with van der Waals surface area (Å²) in [6.45, 7) is 7.30. The fraction of sp³-hybridized carbons (Fsp3) is 0.552. The Hall–Kier alpha value is -3.13. The van der Waals surface area contributed by atoms with Crippen molar-refractivity contribution in [2.24, 2.45) is 0 Å². The molecule has 1 aromatic heterocycles. The van der Waals surface area contributed by atoms with Crippen LogP contribution in [0.25, 0.3) is 0 Å². The molecule has 0 unspecified atom stereocenters. The molecular formula is C29H40N4O4. The SMILES string of the molecule is CCOC(=O)c1ccc(N2[C@@H]3CC[C@H]2C[C@@H](NC(=O)c2cccc(OC)c2CCCNC(C)C)C3)nc1. The third kappa shape index (κ3) is 6.42. The number of nitrogens with zero attached hydrogens (tertiary/aromatic N) is 2. The number of methoxy groups -OCH3 is 1. The van der Waals surface area contributed by atoms with Crippen molar-refractivity contribution < 1.29 is 19.1 Å². The zero-order valence-electron chi connectivity index (χ0n) is 22.5. The Bertz CT molecular complexity index is 1060. The third-order valence-electron chi connectivity index (χ3n) is 7.35. The molecule has 3 atom stereocenters. The fourth-order valence-electron chi connectivity index (χ4n) is 5.69. The molecule has 0 saturated carbocycles. The lowest BCUT2D eigenvalue weighted by atomic mass is 9.95. The molecule has 3 heterocycles. The van der Waals surface area contributed by atoms with Gasteiger partial charge in [0.25, 0.3) is 5.91 Å². The van der Waals surface area contributed by atoms with E-state index in [9.17, 15) is 9.59 Å². The lowest BCUT2D eigenvalue weighted by Gasteiger charge is -2.40. The van der Waals surface area contributed by atoms with Crippen LogP contribution in [0.5, 0.6) is 5.75 Å². The van der Waals surface area contributed by atoms with Crippen LogP contribution < -0.4 is 20.3 Å². The molecule has 2 aliphatic rings. The molecule has 0 radical (unpaired) electrons. The second-order valence-electron chi connectivity index (χ2n) is 10.3. The Morgan fingerprint density at radius 1 is 1.14 bits per heavy atom. The van der Waals surface area contributed by atoms with Gasteiger partial charge in [-0.2, -0.15) is 0 Å². The maximum absolute atomic E-state index is 13.4. The van der Waals surface area contributed by atoms with Crippen LogP contribution in [0.2, 0.25) is 0 Å². The molecule has 2 aromatic rings. The molecule has 4 rings (SSSR count). The summed E-state index contributed by atoms with van der Waals surface area (Å²) < 4.78 is 10.7. The summed E-state index contributed by atoms with van der Waals surface area (Å²) in [5.74, 6) is 1.28. The van der Waals surface area contributed by atoms with E-state index in [0.717, 1.165) is 62.2 Å². The van der Waals surface area contributed by atoms with Gasteiger partial charge in [0.15, 0.2) is 0 Å². The highest BCUT2D eigenvalue weighted by molar-refractivity contribution is 5.96. The number of carbonyl (C=O) groups excluding carboxylic acids is 2. The molecule has 2 aliphatic heterocycles. The second kappa shape index (κ2) is 12.4. The first-order valence-electron chi connectivity index (χ1n) is 13.5. The van der Waals surface area contributed by atoms with Crippen LogP contribution in [0.3, 0.4) is 0 Å². The number of fused-ring (bicyclic) bond motifs is 2. The molecule has 0 spiro atoms. The Kier molecular flexibility index (Phi) is 9.03. The number of benzene rings is 1. The Balaban J connectivity index is 1.40. The summed E-state index contributed by atoms with van der Waals surface area (Å²) in [5, 5.41) is 6.77. The second-order valence-corrected chi connectivity index (χ2v) is 10.3. The lowest BCUT2D eigenvalue weighted by Crippen LogP contribution is -2.50. The van der Waals surface area contributed by atoms with Crippen molar-refractivity contribution in [2.75, 3.05) is 25.2 Å². The van der Waals surface area contributed by atoms with Crippen LogP contribution in [0.1, 0.15) is 79.2 Å². The van der Waals surface area contributed by atoms with Crippen molar-refractivity contribution in [3.05, 3.63) is 53.2 Å². The van der Waals surface area contributed by atoms with Gasteiger partial charge in [-0.15, -0.1) is 0 Å². The lowest BCUT2D eigenvalue weighted by molar-refractivity contribution is 0.0525. The number of ether oxygens (including phenoxy) is 2. The van der Waals surface area contributed by atoms with Gasteiger partial charge >= 0.3 is 5.97 Å². The van der Waals surface area contributed by atoms with Gasteiger partial charge in [-0.1, -0.05) is 19.9 Å². The van der Waals surface area contributed by atoms with Crippen LogP contribution in [0.15, 0.2) is 36.5 Å². The Morgan fingerprint density at radius 3 is 2.51 bits per heavy atom. The molecule has 8 nitrogen and oxygen atoms in total. The normalized spacial score (nSPS) is 20.7. The molecule has 2 fully saturated rings. The number of anilines is 1. The number of pyridine rings is 1. The van der Waals surface area contributed by atoms with E-state index in [2.05, 4.69) is 34.4 Å². The first-order chi connectivity index (χ1) is 17.9. The highest BCUT2D eigenvalue weighted by atomic mass is 16.5. The van der Waals surface area contributed by atoms with E-state index in [4.69, 9.17) is 9.47 Å². The van der Waals surface area contributed by atoms with Crippen LogP contribution in [-0.4, -0.2) is 61.3 Å². The summed E-state index contributed by atoms with van der Waals surface area (Å²) in [6.07, 6.45) is 7.22. The van der Waals surface area contributed by atoms with Crippen LogP contribution in [0, 0.1) is 0 Å². The number of nitrogens with one attached hydrogen (secondary N) is 2. The average molecular weight is 509 g/mol. The first kappa shape index (κ1) is 26.9. The van der Waals surface area contributed by atoms with E-state index in [1.807, 2.05) is 24.3 Å². The van der Waals surface area contributed by atoms with Crippen molar-refractivity contribution in [3.63, 3.8) is 0 Å². The van der Waals surface area contributed by atoms with Gasteiger partial charge in [0.1, 0.15) is 11.6 Å². The van der Waals surface area contributed by atoms with E-state index in [-0.39, 0.29) is 17.9 Å². The topological polar surface area (TPSA) is 92.8 Å². The summed E-state index contributed by atoms with van der Waals surface area (Å²) in [6, 6.07) is 10.6. The first-order valence-corrected chi connectivity index (χ1v) is 13.5. The zero-order chi connectivity index (χ0) is 26.4. The summed E-state index contributed by atoms with van der Waals surface area (Å²) in [5.41, 5.74) is 2.14. The number of rotatable bonds is 11. The molecule has 2 saturated heterocycles. The van der Waals surface area contributed by atoms with Crippen molar-refractivity contribution in [2.45, 2.75) is 83.5 Å². The van der Waals surface area contributed by atoms with Crippen molar-refractivity contribution in [3.8, 4) is 5.75 Å². The van der Waals surface area contributed by atoms with Crippen LogP contribution >= 0.6 is 0 Å². The van der Waals surface area contributed by atoms with Gasteiger partial charge in [0, 0.05) is 41.5 Å². The monoisotopic (exact) mass is 508 g/mol. The maximum atomic E-state index is 13.4. The molecule has 2 N–H and O–H groups in total. The predicted octanol–water partition coefficient (Wildman–Crippen LogP) is 4.13. The molecule has 1 amide bonds. The van der Waals surface area contributed by atoms with Crippen LogP contribution in [-0.2, 0) is 11.2 Å². The number of hydrogen-bond donors (Lipinski definition) is 2. The van der Waals surface area contributed by atoms with E-state index in [1.165, 1.54) is 0 Å². The van der Waals surface area contributed by atoms with Crippen molar-refractivity contribution in [1.82, 2.24) is 15.6 Å². The van der Waals surface area contributed by atoms with E-state index < -0.39 is 0 Å². The van der Waals surface area contributed by atoms with Gasteiger partial charge in [-0.25, -0.2) is 9.78 Å². The molecule has 8 heteroatoms. The number of esters is 1. The van der Waals surface area contributed by atoms with E-state index in [0.29, 0.717) is 35.9 Å². The summed E-state index contributed by atoms with van der Waals surface area (Å²) >= 11 is 0. The zero-order valence-corrected chi connectivity index (χ0v) is 22.5. The number of piperidine rings is 1. The molecule has 200 valence electrons. The van der Waals surface area contributed by atoms with Crippen molar-refractivity contribution in [1.29, 1.82) is 0 Å². The number of hydrogen-bond acceptors (Lipinski definition) is 7. The van der Waals surface area contributed by atoms with E-state index >= 15 is 0 Å². The number of aromatic nitrogens is 1. The fourth-order valence-corrected chi connectivity index (χ4v) is 5.69. The quantitative estimate of drug-likeness (QED) is 0.348. The Labute approximate surface area is 220 Å². The minimum atomic E-state index is -0.348. The van der Waals surface area contributed by atoms with Gasteiger partial charge in [0.2, 0.25) is 0 Å². The molecule has 0 aliphatic carbocycles. The van der Waals surface area contributed by atoms with Gasteiger partial charge in [-0.05, 0) is 76.3 Å². The Morgan fingerprint density at radius 2 is 1.89 bits per heavy atom. The largest absolute Gasteiger partial charge is 0.496 e. The summed E-state index contributed by atoms with van der Waals surface area (Å²) in [7, 11) is 1.66. The third-order valence-corrected chi connectivity index (χ3v) is 7.35. The maximum Gasteiger partial charge on any atom is 0.339 e. The highest BCUT2D eigenvalue weighted by Crippen LogP contribution is 2.38. The van der Waals surface area contributed by atoms with Gasteiger partial charge < -0.3 is 25.0 Å². The van der Waals surface area contributed by atoms with Crippen molar-refractivity contribution >= 4 is 17.7 Å². The standard InChI is InChI=1S/C29H40N4O4/c1-5-37-29(35)20-11-14-27(31-18-20)33-22-12-13-23(33)17-21(16-22)32-28(34)25-8-6-10-26(36-4)24(25)9-7-15-30-19(2)3/h6,8,10-11,14,18-19,21-23,30H,5,7,9,12-13,15-17H2,1-4H3,(H,32,34)/t21-,22+,23-. The minimum absolute atomic E-state index is 0.0273. The smallest absolute Gasteiger partial charge is 0.339 e.